The Kier molecular flexibility index (Phi) is 5.74. The van der Waals surface area contributed by atoms with Crippen molar-refractivity contribution in [3.8, 4) is 5.75 Å². The molecule has 1 rings (SSSR count). The van der Waals surface area contributed by atoms with Crippen molar-refractivity contribution in [2.45, 2.75) is 13.5 Å². The lowest BCUT2D eigenvalue weighted by Gasteiger charge is -2.10. The summed E-state index contributed by atoms with van der Waals surface area (Å²) in [4.78, 5) is 21.3. The Morgan fingerprint density at radius 1 is 1.47 bits per heavy atom. The molecule has 0 spiro atoms. The molecule has 0 aromatic heterocycles. The number of carbonyl (C=O) groups is 1. The quantitative estimate of drug-likeness (QED) is 0.454. The van der Waals surface area contributed by atoms with Gasteiger partial charge in [0.05, 0.1) is 12.0 Å². The maximum Gasteiger partial charge on any atom is 0.343 e. The molecule has 0 aliphatic heterocycles. The van der Waals surface area contributed by atoms with Crippen molar-refractivity contribution in [1.29, 1.82) is 0 Å². The van der Waals surface area contributed by atoms with Crippen molar-refractivity contribution >= 4 is 11.7 Å². The zero-order valence-electron chi connectivity index (χ0n) is 10.8. The molecule has 0 unspecified atom stereocenters. The van der Waals surface area contributed by atoms with Crippen LogP contribution in [0.4, 0.5) is 5.69 Å². The second-order valence-electron chi connectivity index (χ2n) is 3.69. The number of non-ortho nitro benzene ring substituents is 1. The minimum atomic E-state index is -0.507. The average molecular weight is 268 g/mol. The molecular formula is C12H16N2O5. The van der Waals surface area contributed by atoms with Crippen LogP contribution in [0.1, 0.15) is 12.5 Å². The molecule has 104 valence electrons. The highest BCUT2D eigenvalue weighted by molar-refractivity contribution is 5.71. The van der Waals surface area contributed by atoms with Crippen LogP contribution in [-0.4, -0.2) is 31.2 Å². The van der Waals surface area contributed by atoms with E-state index in [1.807, 2.05) is 6.92 Å². The number of rotatable bonds is 7. The van der Waals surface area contributed by atoms with Crippen molar-refractivity contribution in [2.75, 3.05) is 20.3 Å². The largest absolute Gasteiger partial charge is 0.482 e. The van der Waals surface area contributed by atoms with E-state index in [4.69, 9.17) is 4.74 Å². The molecule has 0 fully saturated rings. The molecule has 0 saturated heterocycles. The van der Waals surface area contributed by atoms with Gasteiger partial charge in [0.15, 0.2) is 6.61 Å². The Hall–Kier alpha value is -2.15. The van der Waals surface area contributed by atoms with Gasteiger partial charge in [0, 0.05) is 24.2 Å². The third kappa shape index (κ3) is 4.55. The number of hydrogen-bond donors (Lipinski definition) is 1. The summed E-state index contributed by atoms with van der Waals surface area (Å²) < 4.78 is 9.75. The summed E-state index contributed by atoms with van der Waals surface area (Å²) in [5, 5.41) is 13.8. The fourth-order valence-electron chi connectivity index (χ4n) is 1.41. The summed E-state index contributed by atoms with van der Waals surface area (Å²) in [6.07, 6.45) is 0. The summed E-state index contributed by atoms with van der Waals surface area (Å²) in [7, 11) is 1.26. The minimum Gasteiger partial charge on any atom is -0.482 e. The monoisotopic (exact) mass is 268 g/mol. The van der Waals surface area contributed by atoms with Crippen LogP contribution < -0.4 is 10.1 Å². The first kappa shape index (κ1) is 14.9. The van der Waals surface area contributed by atoms with Crippen molar-refractivity contribution in [2.24, 2.45) is 0 Å². The Bertz CT molecular complexity index is 461. The van der Waals surface area contributed by atoms with Gasteiger partial charge < -0.3 is 14.8 Å². The lowest BCUT2D eigenvalue weighted by Crippen LogP contribution is -2.16. The Labute approximate surface area is 110 Å². The third-order valence-corrected chi connectivity index (χ3v) is 2.39. The summed E-state index contributed by atoms with van der Waals surface area (Å²) in [5.74, 6) is -0.0790. The van der Waals surface area contributed by atoms with Gasteiger partial charge in [-0.1, -0.05) is 6.92 Å². The van der Waals surface area contributed by atoms with Gasteiger partial charge >= 0.3 is 5.97 Å². The smallest absolute Gasteiger partial charge is 0.343 e. The van der Waals surface area contributed by atoms with E-state index >= 15 is 0 Å². The Balaban J connectivity index is 2.88. The van der Waals surface area contributed by atoms with E-state index in [1.165, 1.54) is 25.3 Å². The number of nitrogens with one attached hydrogen (secondary N) is 1. The first-order chi connectivity index (χ1) is 9.08. The first-order valence-corrected chi connectivity index (χ1v) is 5.76. The maximum absolute atomic E-state index is 11.0. The summed E-state index contributed by atoms with van der Waals surface area (Å²) in [5.41, 5.74) is 0.610. The van der Waals surface area contributed by atoms with Crippen molar-refractivity contribution in [3.63, 3.8) is 0 Å². The normalized spacial score (nSPS) is 10.0. The van der Waals surface area contributed by atoms with Gasteiger partial charge in [-0.3, -0.25) is 10.1 Å². The lowest BCUT2D eigenvalue weighted by atomic mass is 10.1. The zero-order chi connectivity index (χ0) is 14.3. The predicted octanol–water partition coefficient (Wildman–Crippen LogP) is 1.26. The molecule has 19 heavy (non-hydrogen) atoms. The van der Waals surface area contributed by atoms with E-state index in [-0.39, 0.29) is 12.3 Å². The van der Waals surface area contributed by atoms with Crippen LogP contribution in [0.25, 0.3) is 0 Å². The van der Waals surface area contributed by atoms with Crippen molar-refractivity contribution in [1.82, 2.24) is 5.32 Å². The van der Waals surface area contributed by atoms with Crippen LogP contribution in [0.15, 0.2) is 18.2 Å². The fraction of sp³-hybridized carbons (Fsp3) is 0.417. The molecule has 7 heteroatoms. The molecule has 1 N–H and O–H groups in total. The zero-order valence-corrected chi connectivity index (χ0v) is 10.8. The van der Waals surface area contributed by atoms with Gasteiger partial charge in [-0.05, 0) is 12.6 Å². The van der Waals surface area contributed by atoms with Crippen molar-refractivity contribution < 1.29 is 19.2 Å². The maximum atomic E-state index is 11.0. The lowest BCUT2D eigenvalue weighted by molar-refractivity contribution is -0.384. The fourth-order valence-corrected chi connectivity index (χ4v) is 1.41. The van der Waals surface area contributed by atoms with E-state index in [2.05, 4.69) is 10.1 Å². The average Bonchev–Trinajstić information content (AvgIpc) is 2.42. The van der Waals surface area contributed by atoms with Gasteiger partial charge in [-0.25, -0.2) is 4.79 Å². The third-order valence-electron chi connectivity index (χ3n) is 2.39. The predicted molar refractivity (Wildman–Crippen MR) is 68.0 cm³/mol. The standard InChI is InChI=1S/C12H16N2O5/c1-3-13-7-9-6-10(14(16)17)4-5-11(9)19-8-12(15)18-2/h4-6,13H,3,7-8H2,1-2H3. The number of nitrogens with zero attached hydrogens (tertiary/aromatic N) is 1. The van der Waals surface area contributed by atoms with Crippen LogP contribution in [0, 0.1) is 10.1 Å². The molecule has 7 nitrogen and oxygen atoms in total. The van der Waals surface area contributed by atoms with Crippen LogP contribution in [0.2, 0.25) is 0 Å². The molecule has 0 atom stereocenters. The molecule has 0 bridgehead atoms. The van der Waals surface area contributed by atoms with Gasteiger partial charge in [0.25, 0.3) is 5.69 Å². The number of esters is 1. The number of hydrogen-bond acceptors (Lipinski definition) is 6. The Morgan fingerprint density at radius 2 is 2.21 bits per heavy atom. The van der Waals surface area contributed by atoms with E-state index < -0.39 is 10.9 Å². The molecule has 1 aromatic carbocycles. The molecule has 0 amide bonds. The Morgan fingerprint density at radius 3 is 2.79 bits per heavy atom. The summed E-state index contributed by atoms with van der Waals surface area (Å²) in [6.45, 7) is 2.84. The molecule has 0 aliphatic rings. The van der Waals surface area contributed by atoms with Gasteiger partial charge in [0.2, 0.25) is 0 Å². The molecular weight excluding hydrogens is 252 g/mol. The molecule has 1 aromatic rings. The van der Waals surface area contributed by atoms with Gasteiger partial charge in [-0.15, -0.1) is 0 Å². The van der Waals surface area contributed by atoms with E-state index in [0.717, 1.165) is 6.54 Å². The molecule has 0 heterocycles. The highest BCUT2D eigenvalue weighted by Crippen LogP contribution is 2.24. The van der Waals surface area contributed by atoms with Gasteiger partial charge in [-0.2, -0.15) is 0 Å². The van der Waals surface area contributed by atoms with Crippen LogP contribution in [0.5, 0.6) is 5.75 Å². The van der Waals surface area contributed by atoms with Crippen molar-refractivity contribution in [3.05, 3.63) is 33.9 Å². The summed E-state index contributed by atoms with van der Waals surface area (Å²) >= 11 is 0. The van der Waals surface area contributed by atoms with Crippen LogP contribution in [0.3, 0.4) is 0 Å². The number of methoxy groups -OCH3 is 1. The van der Waals surface area contributed by atoms with E-state index in [0.29, 0.717) is 17.9 Å². The molecule has 0 saturated carbocycles. The van der Waals surface area contributed by atoms with Gasteiger partial charge in [0.1, 0.15) is 5.75 Å². The number of nitro benzene ring substituents is 1. The highest BCUT2D eigenvalue weighted by atomic mass is 16.6. The number of benzene rings is 1. The number of ether oxygens (including phenoxy) is 2. The molecule has 0 radical (unpaired) electrons. The SMILES string of the molecule is CCNCc1cc([N+](=O)[O-])ccc1OCC(=O)OC. The van der Waals surface area contributed by atoms with E-state index in [9.17, 15) is 14.9 Å². The number of carbonyl (C=O) groups excluding carboxylic acids is 1. The van der Waals surface area contributed by atoms with Crippen LogP contribution >= 0.6 is 0 Å². The second kappa shape index (κ2) is 7.32. The summed E-state index contributed by atoms with van der Waals surface area (Å²) in [6, 6.07) is 4.24. The minimum absolute atomic E-state index is 0.0154. The number of nitro groups is 1. The topological polar surface area (TPSA) is 90.7 Å². The first-order valence-electron chi connectivity index (χ1n) is 5.76. The van der Waals surface area contributed by atoms with E-state index in [1.54, 1.807) is 0 Å². The second-order valence-corrected chi connectivity index (χ2v) is 3.69. The molecule has 0 aliphatic carbocycles. The highest BCUT2D eigenvalue weighted by Gasteiger charge is 2.12. The van der Waals surface area contributed by atoms with Crippen LogP contribution in [-0.2, 0) is 16.1 Å².